The lowest BCUT2D eigenvalue weighted by molar-refractivity contribution is 1.23. The Hall–Kier alpha value is -0.590. The summed E-state index contributed by atoms with van der Waals surface area (Å²) in [6.07, 6.45) is 0.750. The molecule has 0 aromatic carbocycles. The van der Waals surface area contributed by atoms with Gasteiger partial charge in [-0.25, -0.2) is 0 Å². The van der Waals surface area contributed by atoms with Crippen LogP contribution >= 0.6 is 0 Å². The van der Waals surface area contributed by atoms with Gasteiger partial charge in [-0.1, -0.05) is 12.2 Å². The zero-order valence-corrected chi connectivity index (χ0v) is 4.91. The van der Waals surface area contributed by atoms with E-state index in [-0.39, 0.29) is 0 Å². The molecule has 0 aromatic rings. The fourth-order valence-corrected chi connectivity index (χ4v) is 0.453. The third kappa shape index (κ3) is 5.41. The topological polar surface area (TPSA) is 23.9 Å². The van der Waals surface area contributed by atoms with Crippen molar-refractivity contribution >= 4 is 5.71 Å². The Balaban J connectivity index is 3.32. The van der Waals surface area contributed by atoms with Crippen LogP contribution in [0.1, 0.15) is 20.3 Å². The Morgan fingerprint density at radius 1 is 1.57 bits per heavy atom. The summed E-state index contributed by atoms with van der Waals surface area (Å²) in [6.45, 7) is 7.37. The van der Waals surface area contributed by atoms with E-state index in [1.807, 2.05) is 6.92 Å². The molecule has 1 nitrogen and oxygen atoms in total. The SMILES string of the molecule is C=C(C)CC(C)=N. The highest BCUT2D eigenvalue weighted by molar-refractivity contribution is 5.80. The zero-order chi connectivity index (χ0) is 5.86. The maximum atomic E-state index is 6.96. The number of nitrogens with one attached hydrogen (secondary N) is 1. The Bertz CT molecular complexity index is 80.4. The summed E-state index contributed by atoms with van der Waals surface area (Å²) in [5, 5.41) is 6.96. The van der Waals surface area contributed by atoms with Crippen molar-refractivity contribution in [3.63, 3.8) is 0 Å². The van der Waals surface area contributed by atoms with Gasteiger partial charge in [0.05, 0.1) is 0 Å². The van der Waals surface area contributed by atoms with Gasteiger partial charge in [0.15, 0.2) is 0 Å². The van der Waals surface area contributed by atoms with Gasteiger partial charge in [0.2, 0.25) is 0 Å². The summed E-state index contributed by atoms with van der Waals surface area (Å²) in [7, 11) is 0. The first-order valence-electron chi connectivity index (χ1n) is 2.31. The van der Waals surface area contributed by atoms with Crippen molar-refractivity contribution in [3.05, 3.63) is 12.2 Å². The summed E-state index contributed by atoms with van der Waals surface area (Å²) in [4.78, 5) is 0. The fraction of sp³-hybridized carbons (Fsp3) is 0.500. The maximum absolute atomic E-state index is 6.96. The third-order valence-electron chi connectivity index (χ3n) is 0.567. The monoisotopic (exact) mass is 97.1 g/mol. The van der Waals surface area contributed by atoms with E-state index in [1.54, 1.807) is 6.92 Å². The van der Waals surface area contributed by atoms with Gasteiger partial charge in [0.25, 0.3) is 0 Å². The standard InChI is InChI=1S/C6H11N/c1-5(2)4-6(3)7/h7H,1,4H2,2-3H3. The van der Waals surface area contributed by atoms with Crippen LogP contribution in [0.3, 0.4) is 0 Å². The van der Waals surface area contributed by atoms with Crippen molar-refractivity contribution in [2.24, 2.45) is 0 Å². The molecule has 0 spiro atoms. The predicted octanol–water partition coefficient (Wildman–Crippen LogP) is 1.99. The van der Waals surface area contributed by atoms with E-state index in [2.05, 4.69) is 6.58 Å². The predicted molar refractivity (Wildman–Crippen MR) is 32.8 cm³/mol. The molecule has 0 saturated carbocycles. The molecule has 0 aliphatic carbocycles. The van der Waals surface area contributed by atoms with Gasteiger partial charge in [0, 0.05) is 12.1 Å². The first-order chi connectivity index (χ1) is 3.13. The molecule has 40 valence electrons. The van der Waals surface area contributed by atoms with Crippen molar-refractivity contribution in [1.82, 2.24) is 0 Å². The summed E-state index contributed by atoms with van der Waals surface area (Å²) < 4.78 is 0. The van der Waals surface area contributed by atoms with E-state index < -0.39 is 0 Å². The van der Waals surface area contributed by atoms with Gasteiger partial charge in [-0.2, -0.15) is 0 Å². The van der Waals surface area contributed by atoms with E-state index in [0.29, 0.717) is 5.71 Å². The minimum Gasteiger partial charge on any atom is -0.310 e. The van der Waals surface area contributed by atoms with E-state index in [9.17, 15) is 0 Å². The molecule has 0 aromatic heterocycles. The van der Waals surface area contributed by atoms with Crippen LogP contribution in [0, 0.1) is 5.41 Å². The molecule has 0 aliphatic heterocycles. The van der Waals surface area contributed by atoms with Crippen LogP contribution in [0.5, 0.6) is 0 Å². The Kier molecular flexibility index (Phi) is 2.34. The van der Waals surface area contributed by atoms with Crippen LogP contribution in [0.2, 0.25) is 0 Å². The molecule has 0 aliphatic rings. The van der Waals surface area contributed by atoms with Crippen molar-refractivity contribution in [1.29, 1.82) is 5.41 Å². The number of allylic oxidation sites excluding steroid dienone is 1. The minimum absolute atomic E-state index is 0.688. The molecule has 7 heavy (non-hydrogen) atoms. The maximum Gasteiger partial charge on any atom is 0.00983 e. The fourth-order valence-electron chi connectivity index (χ4n) is 0.453. The van der Waals surface area contributed by atoms with Crippen LogP contribution in [-0.4, -0.2) is 5.71 Å². The summed E-state index contributed by atoms with van der Waals surface area (Å²) >= 11 is 0. The summed E-state index contributed by atoms with van der Waals surface area (Å²) in [5.74, 6) is 0. The second-order valence-corrected chi connectivity index (χ2v) is 1.91. The van der Waals surface area contributed by atoms with Gasteiger partial charge in [0.1, 0.15) is 0 Å². The van der Waals surface area contributed by atoms with Crippen LogP contribution in [0.4, 0.5) is 0 Å². The Morgan fingerprint density at radius 2 is 2.00 bits per heavy atom. The van der Waals surface area contributed by atoms with E-state index >= 15 is 0 Å². The molecule has 0 amide bonds. The lowest BCUT2D eigenvalue weighted by Gasteiger charge is -1.91. The second kappa shape index (κ2) is 2.56. The second-order valence-electron chi connectivity index (χ2n) is 1.91. The molecule has 0 rings (SSSR count). The molecule has 0 fully saturated rings. The van der Waals surface area contributed by atoms with Crippen molar-refractivity contribution < 1.29 is 0 Å². The van der Waals surface area contributed by atoms with E-state index in [4.69, 9.17) is 5.41 Å². The first-order valence-corrected chi connectivity index (χ1v) is 2.31. The molecule has 0 atom stereocenters. The van der Waals surface area contributed by atoms with Crippen LogP contribution in [-0.2, 0) is 0 Å². The van der Waals surface area contributed by atoms with E-state index in [0.717, 1.165) is 12.0 Å². The smallest absolute Gasteiger partial charge is 0.00983 e. The van der Waals surface area contributed by atoms with Gasteiger partial charge in [-0.05, 0) is 13.8 Å². The summed E-state index contributed by atoms with van der Waals surface area (Å²) in [5.41, 5.74) is 1.75. The van der Waals surface area contributed by atoms with Gasteiger partial charge in [-0.15, -0.1) is 0 Å². The number of rotatable bonds is 2. The normalized spacial score (nSPS) is 8.29. The first kappa shape index (κ1) is 6.41. The number of hydrogen-bond donors (Lipinski definition) is 1. The van der Waals surface area contributed by atoms with E-state index in [1.165, 1.54) is 0 Å². The van der Waals surface area contributed by atoms with Crippen LogP contribution < -0.4 is 0 Å². The lowest BCUT2D eigenvalue weighted by Crippen LogP contribution is -1.86. The molecule has 0 unspecified atom stereocenters. The molecule has 0 heterocycles. The number of hydrogen-bond acceptors (Lipinski definition) is 1. The van der Waals surface area contributed by atoms with Gasteiger partial charge in [-0.3, -0.25) is 0 Å². The van der Waals surface area contributed by atoms with Crippen molar-refractivity contribution in [3.8, 4) is 0 Å². The quantitative estimate of drug-likeness (QED) is 0.402. The van der Waals surface area contributed by atoms with Crippen molar-refractivity contribution in [2.45, 2.75) is 20.3 Å². The largest absolute Gasteiger partial charge is 0.310 e. The Morgan fingerprint density at radius 3 is 2.00 bits per heavy atom. The molecular weight excluding hydrogens is 86.1 g/mol. The van der Waals surface area contributed by atoms with Gasteiger partial charge < -0.3 is 5.41 Å². The molecule has 1 heteroatoms. The average molecular weight is 97.2 g/mol. The minimum atomic E-state index is 0.688. The van der Waals surface area contributed by atoms with Gasteiger partial charge >= 0.3 is 0 Å². The molecule has 1 N–H and O–H groups in total. The average Bonchev–Trinajstić information content (AvgIpc) is 1.27. The lowest BCUT2D eigenvalue weighted by atomic mass is 10.2. The Labute approximate surface area is 44.6 Å². The van der Waals surface area contributed by atoms with Crippen molar-refractivity contribution in [2.75, 3.05) is 0 Å². The highest BCUT2D eigenvalue weighted by atomic mass is 14.4. The van der Waals surface area contributed by atoms with Crippen LogP contribution in [0.15, 0.2) is 12.2 Å². The zero-order valence-electron chi connectivity index (χ0n) is 4.91. The highest BCUT2D eigenvalue weighted by Gasteiger charge is 1.84. The molecule has 0 saturated heterocycles. The highest BCUT2D eigenvalue weighted by Crippen LogP contribution is 1.94. The molecule has 0 radical (unpaired) electrons. The van der Waals surface area contributed by atoms with Crippen LogP contribution in [0.25, 0.3) is 0 Å². The molecule has 0 bridgehead atoms. The summed E-state index contributed by atoms with van der Waals surface area (Å²) in [6, 6.07) is 0. The molecular formula is C6H11N. The third-order valence-corrected chi connectivity index (χ3v) is 0.567.